The second-order valence-corrected chi connectivity index (χ2v) is 9.00. The summed E-state index contributed by atoms with van der Waals surface area (Å²) in [7, 11) is -3.41. The smallest absolute Gasteiger partial charge is 0.410 e. The molecule has 0 aliphatic heterocycles. The average Bonchev–Trinajstić information content (AvgIpc) is 2.60. The molecule has 1 amide bonds. The first kappa shape index (κ1) is 24.6. The Balaban J connectivity index is 0.00000364. The van der Waals surface area contributed by atoms with Crippen molar-refractivity contribution in [2.75, 3.05) is 5.75 Å². The van der Waals surface area contributed by atoms with E-state index in [9.17, 15) is 13.2 Å². The topological polar surface area (TPSA) is 75.3 Å². The number of nitrogens with one attached hydrogen (secondary N) is 2. The quantitative estimate of drug-likeness (QED) is 0.252. The number of benzene rings is 2. The van der Waals surface area contributed by atoms with E-state index in [2.05, 4.69) is 35.7 Å². The average molecular weight is 447 g/mol. The normalized spacial score (nSPS) is 11.7. The zero-order chi connectivity index (χ0) is 19.0. The molecule has 0 spiro atoms. The number of hydrogen-bond acceptors (Lipinski definition) is 5. The third-order valence-electron chi connectivity index (χ3n) is 3.69. The Morgan fingerprint density at radius 1 is 1.00 bits per heavy atom. The number of carbonyl (C=O) groups is 1. The summed E-state index contributed by atoms with van der Waals surface area (Å²) in [4.78, 5) is 12.1. The summed E-state index contributed by atoms with van der Waals surface area (Å²) in [5, 5.41) is 0. The van der Waals surface area contributed by atoms with Gasteiger partial charge in [-0.15, -0.1) is 0 Å². The van der Waals surface area contributed by atoms with Crippen molar-refractivity contribution in [3.05, 3.63) is 71.8 Å². The molecule has 2 rings (SSSR count). The molecule has 0 saturated carbocycles. The molecule has 0 aromatic heterocycles. The van der Waals surface area contributed by atoms with Crippen molar-refractivity contribution in [3.8, 4) is 0 Å². The van der Waals surface area contributed by atoms with E-state index < -0.39 is 15.8 Å². The Labute approximate surface area is 213 Å². The van der Waals surface area contributed by atoms with Gasteiger partial charge in [-0.05, 0) is 15.4 Å². The van der Waals surface area contributed by atoms with Gasteiger partial charge in [0.25, 0.3) is 0 Å². The number of sulfone groups is 1. The van der Waals surface area contributed by atoms with Crippen LogP contribution in [0.25, 0.3) is 0 Å². The number of thiocarbonyl (C=S) groups is 1. The molecule has 138 valence electrons. The summed E-state index contributed by atoms with van der Waals surface area (Å²) < 4.78 is 25.3. The summed E-state index contributed by atoms with van der Waals surface area (Å²) in [5.41, 5.74) is 6.31. The molecule has 0 radical (unpaired) electrons. The Hall–Kier alpha value is -0.394. The van der Waals surface area contributed by atoms with Crippen LogP contribution >= 0.6 is 12.2 Å². The Morgan fingerprint density at radius 3 is 2.11 bits per heavy atom. The van der Waals surface area contributed by atoms with Gasteiger partial charge in [-0.2, -0.15) is 0 Å². The van der Waals surface area contributed by atoms with Gasteiger partial charge in [0.2, 0.25) is 5.91 Å². The van der Waals surface area contributed by atoms with Crippen molar-refractivity contribution < 1.29 is 64.6 Å². The van der Waals surface area contributed by atoms with Crippen molar-refractivity contribution >= 4 is 44.9 Å². The minimum absolute atomic E-state index is 0. The SMILES string of the molecule is O=C(CC(CS(=O)(=O)Cc1ccccc1)c1ccccc1)NNC(=S)[S-].[K+]. The van der Waals surface area contributed by atoms with Crippen LogP contribution in [0.15, 0.2) is 60.7 Å². The van der Waals surface area contributed by atoms with Gasteiger partial charge >= 0.3 is 51.4 Å². The number of hydrogen-bond donors (Lipinski definition) is 2. The van der Waals surface area contributed by atoms with Crippen LogP contribution in [0.1, 0.15) is 23.5 Å². The van der Waals surface area contributed by atoms with Gasteiger partial charge in [0.15, 0.2) is 9.84 Å². The molecule has 27 heavy (non-hydrogen) atoms. The van der Waals surface area contributed by atoms with E-state index in [-0.39, 0.29) is 79.5 Å². The Bertz CT molecular complexity index is 847. The van der Waals surface area contributed by atoms with Crippen LogP contribution in [-0.2, 0) is 33.0 Å². The molecule has 9 heteroatoms. The van der Waals surface area contributed by atoms with E-state index in [1.54, 1.807) is 24.3 Å². The predicted octanol–water partition coefficient (Wildman–Crippen LogP) is -0.768. The molecule has 2 aromatic carbocycles. The largest absolute Gasteiger partial charge is 1.00 e. The van der Waals surface area contributed by atoms with E-state index in [4.69, 9.17) is 0 Å². The first-order valence-electron chi connectivity index (χ1n) is 7.91. The maximum absolute atomic E-state index is 12.6. The summed E-state index contributed by atoms with van der Waals surface area (Å²) in [6.07, 6.45) is 0.00296. The van der Waals surface area contributed by atoms with Crippen LogP contribution < -0.4 is 62.2 Å². The Morgan fingerprint density at radius 2 is 1.56 bits per heavy atom. The number of rotatable bonds is 7. The zero-order valence-electron chi connectivity index (χ0n) is 14.9. The molecule has 0 fully saturated rings. The number of carbonyl (C=O) groups excluding carboxylic acids is 1. The van der Waals surface area contributed by atoms with Gasteiger partial charge in [0.1, 0.15) is 0 Å². The summed E-state index contributed by atoms with van der Waals surface area (Å²) >= 11 is 9.35. The van der Waals surface area contributed by atoms with E-state index in [0.29, 0.717) is 0 Å². The predicted molar refractivity (Wildman–Crippen MR) is 109 cm³/mol. The number of hydrazine groups is 1. The molecular formula is C18H19KN2O3S3. The molecule has 5 nitrogen and oxygen atoms in total. The molecule has 0 aliphatic rings. The van der Waals surface area contributed by atoms with E-state index in [0.717, 1.165) is 11.1 Å². The zero-order valence-corrected chi connectivity index (χ0v) is 20.5. The van der Waals surface area contributed by atoms with E-state index in [1.807, 2.05) is 36.4 Å². The van der Waals surface area contributed by atoms with Crippen molar-refractivity contribution in [2.24, 2.45) is 0 Å². The molecule has 0 heterocycles. The van der Waals surface area contributed by atoms with Gasteiger partial charge in [0, 0.05) is 12.3 Å². The fourth-order valence-corrected chi connectivity index (χ4v) is 4.43. The van der Waals surface area contributed by atoms with Crippen LogP contribution in [0.3, 0.4) is 0 Å². The molecule has 1 unspecified atom stereocenters. The maximum atomic E-state index is 12.6. The van der Waals surface area contributed by atoms with Crippen molar-refractivity contribution in [1.82, 2.24) is 10.9 Å². The molecule has 0 bridgehead atoms. The van der Waals surface area contributed by atoms with Gasteiger partial charge in [-0.1, -0.05) is 60.7 Å². The van der Waals surface area contributed by atoms with Gasteiger partial charge in [-0.25, -0.2) is 8.42 Å². The molecule has 2 aromatic rings. The summed E-state index contributed by atoms with van der Waals surface area (Å²) in [6, 6.07) is 18.1. The molecule has 1 atom stereocenters. The summed E-state index contributed by atoms with van der Waals surface area (Å²) in [6.45, 7) is 0. The fraction of sp³-hybridized carbons (Fsp3) is 0.222. The monoisotopic (exact) mass is 446 g/mol. The van der Waals surface area contributed by atoms with Crippen LogP contribution in [0.4, 0.5) is 0 Å². The minimum atomic E-state index is -3.41. The fourth-order valence-electron chi connectivity index (χ4n) is 2.59. The van der Waals surface area contributed by atoms with Crippen LogP contribution in [-0.4, -0.2) is 24.4 Å². The summed E-state index contributed by atoms with van der Waals surface area (Å²) in [5.74, 6) is -1.03. The minimum Gasteiger partial charge on any atom is -0.410 e. The Kier molecular flexibility index (Phi) is 11.2. The third kappa shape index (κ3) is 9.57. The van der Waals surface area contributed by atoms with E-state index in [1.165, 1.54) is 0 Å². The second-order valence-electron chi connectivity index (χ2n) is 5.81. The number of amides is 1. The maximum Gasteiger partial charge on any atom is 1.00 e. The van der Waals surface area contributed by atoms with E-state index >= 15 is 0 Å². The molecule has 2 N–H and O–H groups in total. The molecule has 0 saturated heterocycles. The van der Waals surface area contributed by atoms with Gasteiger partial charge in [0.05, 0.1) is 11.5 Å². The van der Waals surface area contributed by atoms with Crippen molar-refractivity contribution in [2.45, 2.75) is 18.1 Å². The first-order chi connectivity index (χ1) is 12.4. The van der Waals surface area contributed by atoms with Crippen LogP contribution in [0.2, 0.25) is 0 Å². The van der Waals surface area contributed by atoms with Gasteiger partial charge in [-0.3, -0.25) is 10.2 Å². The van der Waals surface area contributed by atoms with Gasteiger partial charge < -0.3 is 30.3 Å². The van der Waals surface area contributed by atoms with Crippen LogP contribution in [0, 0.1) is 0 Å². The molecule has 0 aliphatic carbocycles. The first-order valence-corrected chi connectivity index (χ1v) is 10.5. The van der Waals surface area contributed by atoms with Crippen LogP contribution in [0.5, 0.6) is 0 Å². The van der Waals surface area contributed by atoms with Crippen molar-refractivity contribution in [3.63, 3.8) is 0 Å². The third-order valence-corrected chi connectivity index (χ3v) is 5.58. The molecular weight excluding hydrogens is 428 g/mol. The standard InChI is InChI=1S/C18H20N2O3S3.K/c21-17(19-20-18(24)25)11-16(15-9-5-2-6-10-15)13-26(22,23)12-14-7-3-1-4-8-14;/h1-10,16H,11-13H2,(H,19,21)(H2,20,24,25);/q;+1/p-1. The van der Waals surface area contributed by atoms with Crippen molar-refractivity contribution in [1.29, 1.82) is 0 Å². The second kappa shape index (κ2) is 12.2.